The van der Waals surface area contributed by atoms with Crippen LogP contribution >= 0.6 is 0 Å². The molecular formula is C20H23N3O4. The van der Waals surface area contributed by atoms with E-state index in [-0.39, 0.29) is 30.9 Å². The summed E-state index contributed by atoms with van der Waals surface area (Å²) in [7, 11) is 1.52. The number of benzene rings is 2. The number of nitrogens with two attached hydrogens (primary N) is 1. The smallest absolute Gasteiger partial charge is 0.258 e. The highest BCUT2D eigenvalue weighted by atomic mass is 16.5. The summed E-state index contributed by atoms with van der Waals surface area (Å²) in [4.78, 5) is 24.0. The van der Waals surface area contributed by atoms with E-state index in [1.54, 1.807) is 30.3 Å². The summed E-state index contributed by atoms with van der Waals surface area (Å²) < 4.78 is 10.8. The largest absolute Gasteiger partial charge is 0.493 e. The van der Waals surface area contributed by atoms with Crippen LogP contribution in [0.2, 0.25) is 0 Å². The third kappa shape index (κ3) is 5.64. The maximum absolute atomic E-state index is 12.2. The average Bonchev–Trinajstić information content (AvgIpc) is 3.46. The zero-order valence-electron chi connectivity index (χ0n) is 15.2. The topological polar surface area (TPSA) is 103 Å². The fourth-order valence-corrected chi connectivity index (χ4v) is 2.53. The molecule has 2 amide bonds. The van der Waals surface area contributed by atoms with Crippen LogP contribution in [0.1, 0.15) is 18.4 Å². The van der Waals surface area contributed by atoms with Gasteiger partial charge in [-0.2, -0.15) is 0 Å². The highest BCUT2D eigenvalue weighted by Crippen LogP contribution is 2.30. The number of anilines is 2. The number of nitrogens with one attached hydrogen (secondary N) is 2. The number of hydrogen-bond acceptors (Lipinski definition) is 5. The van der Waals surface area contributed by atoms with Crippen molar-refractivity contribution in [3.63, 3.8) is 0 Å². The lowest BCUT2D eigenvalue weighted by Gasteiger charge is -2.13. The lowest BCUT2D eigenvalue weighted by molar-refractivity contribution is -0.123. The highest BCUT2D eigenvalue weighted by Gasteiger charge is 2.23. The Labute approximate surface area is 157 Å². The van der Waals surface area contributed by atoms with E-state index in [9.17, 15) is 9.59 Å². The van der Waals surface area contributed by atoms with E-state index >= 15 is 0 Å². The van der Waals surface area contributed by atoms with Crippen LogP contribution in [0.3, 0.4) is 0 Å². The van der Waals surface area contributed by atoms with Crippen molar-refractivity contribution in [3.05, 3.63) is 48.0 Å². The molecule has 1 saturated carbocycles. The van der Waals surface area contributed by atoms with Crippen LogP contribution in [0.15, 0.2) is 42.5 Å². The van der Waals surface area contributed by atoms with Crippen molar-refractivity contribution in [1.82, 2.24) is 5.32 Å². The van der Waals surface area contributed by atoms with Crippen LogP contribution in [-0.4, -0.2) is 31.6 Å². The summed E-state index contributed by atoms with van der Waals surface area (Å²) in [5, 5.41) is 5.68. The lowest BCUT2D eigenvalue weighted by Crippen LogP contribution is -2.30. The molecule has 0 radical (unpaired) electrons. The van der Waals surface area contributed by atoms with E-state index in [0.29, 0.717) is 22.9 Å². The first-order valence-electron chi connectivity index (χ1n) is 8.78. The molecule has 0 atom stereocenters. The van der Waals surface area contributed by atoms with E-state index in [1.807, 2.05) is 12.1 Å². The first-order valence-corrected chi connectivity index (χ1v) is 8.78. The minimum Gasteiger partial charge on any atom is -0.493 e. The van der Waals surface area contributed by atoms with Crippen molar-refractivity contribution in [2.24, 2.45) is 0 Å². The van der Waals surface area contributed by atoms with Crippen LogP contribution < -0.4 is 25.8 Å². The molecular weight excluding hydrogens is 346 g/mol. The Kier molecular flexibility index (Phi) is 5.80. The SMILES string of the molecule is COc1ccc(NC(=O)Cc2ccc(N)cc2)cc1OCC(=O)NC1CC1. The number of ether oxygens (including phenoxy) is 2. The molecule has 1 aliphatic carbocycles. The molecule has 7 nitrogen and oxygen atoms in total. The third-order valence-electron chi connectivity index (χ3n) is 4.09. The second-order valence-corrected chi connectivity index (χ2v) is 6.46. The van der Waals surface area contributed by atoms with Gasteiger partial charge in [0.25, 0.3) is 5.91 Å². The normalized spacial score (nSPS) is 12.9. The molecule has 2 aromatic rings. The molecule has 0 aliphatic heterocycles. The number of nitrogen functional groups attached to an aromatic ring is 1. The molecule has 3 rings (SSSR count). The summed E-state index contributed by atoms with van der Waals surface area (Å²) in [5.74, 6) is 0.555. The highest BCUT2D eigenvalue weighted by molar-refractivity contribution is 5.92. The fourth-order valence-electron chi connectivity index (χ4n) is 2.53. The van der Waals surface area contributed by atoms with Crippen molar-refractivity contribution < 1.29 is 19.1 Å². The van der Waals surface area contributed by atoms with Gasteiger partial charge in [0.2, 0.25) is 5.91 Å². The predicted molar refractivity (Wildman–Crippen MR) is 103 cm³/mol. The van der Waals surface area contributed by atoms with Gasteiger partial charge in [-0.3, -0.25) is 9.59 Å². The molecule has 7 heteroatoms. The molecule has 0 heterocycles. The summed E-state index contributed by atoms with van der Waals surface area (Å²) in [5.41, 5.74) is 7.73. The second kappa shape index (κ2) is 8.44. The zero-order valence-corrected chi connectivity index (χ0v) is 15.2. The Morgan fingerprint density at radius 1 is 1.07 bits per heavy atom. The van der Waals surface area contributed by atoms with E-state index in [2.05, 4.69) is 10.6 Å². The van der Waals surface area contributed by atoms with Crippen molar-refractivity contribution in [2.45, 2.75) is 25.3 Å². The quantitative estimate of drug-likeness (QED) is 0.619. The Bertz CT molecular complexity index is 816. The minimum absolute atomic E-state index is 0.101. The van der Waals surface area contributed by atoms with Gasteiger partial charge in [0.1, 0.15) is 0 Å². The number of hydrogen-bond donors (Lipinski definition) is 3. The maximum Gasteiger partial charge on any atom is 0.258 e. The Balaban J connectivity index is 1.60. The van der Waals surface area contributed by atoms with E-state index in [1.165, 1.54) is 7.11 Å². The maximum atomic E-state index is 12.2. The van der Waals surface area contributed by atoms with Gasteiger partial charge in [-0.25, -0.2) is 0 Å². The van der Waals surface area contributed by atoms with Gasteiger partial charge in [0.05, 0.1) is 13.5 Å². The second-order valence-electron chi connectivity index (χ2n) is 6.46. The van der Waals surface area contributed by atoms with Crippen LogP contribution in [0.5, 0.6) is 11.5 Å². The molecule has 2 aromatic carbocycles. The van der Waals surface area contributed by atoms with Crippen LogP contribution in [0.4, 0.5) is 11.4 Å². The number of carbonyl (C=O) groups excluding carboxylic acids is 2. The molecule has 4 N–H and O–H groups in total. The molecule has 0 aromatic heterocycles. The third-order valence-corrected chi connectivity index (χ3v) is 4.09. The Morgan fingerprint density at radius 3 is 2.48 bits per heavy atom. The Hall–Kier alpha value is -3.22. The van der Waals surface area contributed by atoms with Crippen molar-refractivity contribution in [1.29, 1.82) is 0 Å². The van der Waals surface area contributed by atoms with Gasteiger partial charge in [0.15, 0.2) is 18.1 Å². The number of methoxy groups -OCH3 is 1. The monoisotopic (exact) mass is 369 g/mol. The summed E-state index contributed by atoms with van der Waals surface area (Å²) >= 11 is 0. The average molecular weight is 369 g/mol. The van der Waals surface area contributed by atoms with Gasteiger partial charge >= 0.3 is 0 Å². The molecule has 0 unspecified atom stereocenters. The van der Waals surface area contributed by atoms with Gasteiger partial charge in [-0.1, -0.05) is 12.1 Å². The molecule has 27 heavy (non-hydrogen) atoms. The summed E-state index contributed by atoms with van der Waals surface area (Å²) in [6.07, 6.45) is 2.27. The first-order chi connectivity index (χ1) is 13.0. The first kappa shape index (κ1) is 18.6. The number of carbonyl (C=O) groups is 2. The molecule has 1 aliphatic rings. The lowest BCUT2D eigenvalue weighted by atomic mass is 10.1. The van der Waals surface area contributed by atoms with Crippen molar-refractivity contribution in [2.75, 3.05) is 24.8 Å². The molecule has 0 bridgehead atoms. The van der Waals surface area contributed by atoms with Crippen LogP contribution in [0.25, 0.3) is 0 Å². The van der Waals surface area contributed by atoms with Gasteiger partial charge in [-0.05, 0) is 42.7 Å². The van der Waals surface area contributed by atoms with Gasteiger partial charge < -0.3 is 25.8 Å². The fraction of sp³-hybridized carbons (Fsp3) is 0.300. The number of rotatable bonds is 8. The van der Waals surface area contributed by atoms with Gasteiger partial charge in [-0.15, -0.1) is 0 Å². The predicted octanol–water partition coefficient (Wildman–Crippen LogP) is 2.12. The minimum atomic E-state index is -0.169. The standard InChI is InChI=1S/C20H23N3O4/c1-26-17-9-8-16(11-18(17)27-12-20(25)22-15-6-7-15)23-19(24)10-13-2-4-14(21)5-3-13/h2-5,8-9,11,15H,6-7,10,12,21H2,1H3,(H,22,25)(H,23,24). The summed E-state index contributed by atoms with van der Waals surface area (Å²) in [6, 6.07) is 12.5. The van der Waals surface area contributed by atoms with E-state index in [4.69, 9.17) is 15.2 Å². The van der Waals surface area contributed by atoms with Crippen molar-refractivity contribution >= 4 is 23.2 Å². The molecule has 0 saturated heterocycles. The van der Waals surface area contributed by atoms with Crippen LogP contribution in [0, 0.1) is 0 Å². The number of amides is 2. The zero-order chi connectivity index (χ0) is 19.2. The van der Waals surface area contributed by atoms with Crippen molar-refractivity contribution in [3.8, 4) is 11.5 Å². The van der Waals surface area contributed by atoms with Gasteiger partial charge in [0, 0.05) is 23.5 Å². The molecule has 1 fully saturated rings. The summed E-state index contributed by atoms with van der Waals surface area (Å²) in [6.45, 7) is -0.101. The molecule has 0 spiro atoms. The van der Waals surface area contributed by atoms with Crippen LogP contribution in [-0.2, 0) is 16.0 Å². The Morgan fingerprint density at radius 2 is 1.81 bits per heavy atom. The molecule has 142 valence electrons. The van der Waals surface area contributed by atoms with E-state index < -0.39 is 0 Å². The van der Waals surface area contributed by atoms with E-state index in [0.717, 1.165) is 18.4 Å².